The molecule has 2 rings (SSSR count). The van der Waals surface area contributed by atoms with E-state index in [4.69, 9.17) is 0 Å². The molecule has 0 bridgehead atoms. The van der Waals surface area contributed by atoms with E-state index >= 15 is 0 Å². The maximum atomic E-state index is 10.5. The van der Waals surface area contributed by atoms with E-state index < -0.39 is 10.5 Å². The second-order valence-electron chi connectivity index (χ2n) is 4.65. The first-order valence-electron chi connectivity index (χ1n) is 6.09. The molecule has 18 heavy (non-hydrogen) atoms. The van der Waals surface area contributed by atoms with Gasteiger partial charge in [-0.3, -0.25) is 10.1 Å². The smallest absolute Gasteiger partial charge is 0.269 e. The fourth-order valence-electron chi connectivity index (χ4n) is 2.12. The van der Waals surface area contributed by atoms with Crippen LogP contribution in [0.3, 0.4) is 0 Å². The van der Waals surface area contributed by atoms with Crippen LogP contribution in [0.4, 0.5) is 5.69 Å². The number of benzene rings is 1. The quantitative estimate of drug-likeness (QED) is 0.470. The molecule has 1 aliphatic carbocycles. The molecule has 0 amide bonds. The van der Waals surface area contributed by atoms with E-state index in [2.05, 4.69) is 11.8 Å². The Morgan fingerprint density at radius 3 is 2.33 bits per heavy atom. The summed E-state index contributed by atoms with van der Waals surface area (Å²) in [6.45, 7) is 0. The summed E-state index contributed by atoms with van der Waals surface area (Å²) in [6, 6.07) is 6.07. The fourth-order valence-corrected chi connectivity index (χ4v) is 2.12. The third-order valence-electron chi connectivity index (χ3n) is 3.20. The van der Waals surface area contributed by atoms with Gasteiger partial charge in [-0.2, -0.15) is 0 Å². The lowest BCUT2D eigenvalue weighted by atomic mass is 9.85. The lowest BCUT2D eigenvalue weighted by molar-refractivity contribution is -0.384. The molecule has 0 aromatic heterocycles. The highest BCUT2D eigenvalue weighted by Gasteiger charge is 2.26. The van der Waals surface area contributed by atoms with Gasteiger partial charge in [-0.1, -0.05) is 18.3 Å². The summed E-state index contributed by atoms with van der Waals surface area (Å²) in [4.78, 5) is 10.1. The average Bonchev–Trinajstić information content (AvgIpc) is 2.38. The molecular formula is C14H15NO3. The van der Waals surface area contributed by atoms with Gasteiger partial charge in [0.05, 0.1) is 4.92 Å². The number of aliphatic hydroxyl groups is 1. The maximum Gasteiger partial charge on any atom is 0.269 e. The van der Waals surface area contributed by atoms with Crippen molar-refractivity contribution in [3.8, 4) is 11.8 Å². The Kier molecular flexibility index (Phi) is 3.63. The fraction of sp³-hybridized carbons (Fsp3) is 0.429. The predicted molar refractivity (Wildman–Crippen MR) is 68.0 cm³/mol. The summed E-state index contributed by atoms with van der Waals surface area (Å²) in [5.74, 6) is 5.80. The number of hydrogen-bond acceptors (Lipinski definition) is 3. The summed E-state index contributed by atoms with van der Waals surface area (Å²) in [6.07, 6.45) is 4.60. The molecule has 1 N–H and O–H groups in total. The highest BCUT2D eigenvalue weighted by atomic mass is 16.6. The molecule has 1 aromatic carbocycles. The second-order valence-corrected chi connectivity index (χ2v) is 4.65. The zero-order chi connectivity index (χ0) is 13.0. The van der Waals surface area contributed by atoms with Gasteiger partial charge in [0.1, 0.15) is 5.60 Å². The van der Waals surface area contributed by atoms with Crippen molar-refractivity contribution in [1.29, 1.82) is 0 Å². The molecule has 0 atom stereocenters. The number of nitro benzene ring substituents is 1. The van der Waals surface area contributed by atoms with E-state index in [9.17, 15) is 15.2 Å². The van der Waals surface area contributed by atoms with Crippen molar-refractivity contribution in [1.82, 2.24) is 0 Å². The van der Waals surface area contributed by atoms with Crippen LogP contribution in [0.15, 0.2) is 24.3 Å². The van der Waals surface area contributed by atoms with E-state index in [1.807, 2.05) is 0 Å². The highest BCUT2D eigenvalue weighted by Crippen LogP contribution is 2.27. The van der Waals surface area contributed by atoms with Crippen LogP contribution in [-0.4, -0.2) is 15.6 Å². The number of non-ortho nitro benzene ring substituents is 1. The molecule has 0 spiro atoms. The first-order chi connectivity index (χ1) is 8.59. The van der Waals surface area contributed by atoms with Crippen LogP contribution in [0.1, 0.15) is 37.7 Å². The molecule has 94 valence electrons. The van der Waals surface area contributed by atoms with Gasteiger partial charge in [-0.25, -0.2) is 0 Å². The minimum atomic E-state index is -0.875. The molecule has 0 saturated heterocycles. The molecule has 1 aromatic rings. The summed E-state index contributed by atoms with van der Waals surface area (Å²) >= 11 is 0. The molecule has 0 radical (unpaired) electrons. The Balaban J connectivity index is 2.11. The van der Waals surface area contributed by atoms with Crippen molar-refractivity contribution in [3.63, 3.8) is 0 Å². The number of nitrogens with zero attached hydrogens (tertiary/aromatic N) is 1. The van der Waals surface area contributed by atoms with Gasteiger partial charge in [0.15, 0.2) is 0 Å². The van der Waals surface area contributed by atoms with Gasteiger partial charge >= 0.3 is 0 Å². The molecule has 4 heteroatoms. The first-order valence-corrected chi connectivity index (χ1v) is 6.09. The zero-order valence-electron chi connectivity index (χ0n) is 10.1. The van der Waals surface area contributed by atoms with Crippen molar-refractivity contribution >= 4 is 5.69 Å². The first kappa shape index (κ1) is 12.6. The van der Waals surface area contributed by atoms with Crippen LogP contribution in [0.5, 0.6) is 0 Å². The van der Waals surface area contributed by atoms with Gasteiger partial charge in [0, 0.05) is 17.7 Å². The van der Waals surface area contributed by atoms with E-state index in [1.165, 1.54) is 12.1 Å². The lowest BCUT2D eigenvalue weighted by Crippen LogP contribution is -2.29. The van der Waals surface area contributed by atoms with Crippen molar-refractivity contribution in [3.05, 3.63) is 39.9 Å². The van der Waals surface area contributed by atoms with Crippen LogP contribution >= 0.6 is 0 Å². The molecule has 0 unspecified atom stereocenters. The van der Waals surface area contributed by atoms with Crippen LogP contribution < -0.4 is 0 Å². The minimum absolute atomic E-state index is 0.0527. The Morgan fingerprint density at radius 2 is 1.78 bits per heavy atom. The summed E-state index contributed by atoms with van der Waals surface area (Å²) in [7, 11) is 0. The van der Waals surface area contributed by atoms with E-state index in [-0.39, 0.29) is 5.69 Å². The van der Waals surface area contributed by atoms with Crippen molar-refractivity contribution in [2.75, 3.05) is 0 Å². The molecule has 1 aliphatic rings. The van der Waals surface area contributed by atoms with Crippen molar-refractivity contribution in [2.24, 2.45) is 0 Å². The standard InChI is InChI=1S/C14H15NO3/c16-14(9-2-1-3-10-14)11-8-12-4-6-13(7-5-12)15(17)18/h4-7,16H,1-3,9-10H2. The van der Waals surface area contributed by atoms with Gasteiger partial charge in [-0.05, 0) is 37.8 Å². The van der Waals surface area contributed by atoms with E-state index in [0.717, 1.165) is 19.3 Å². The van der Waals surface area contributed by atoms with Crippen molar-refractivity contribution in [2.45, 2.75) is 37.7 Å². The Hall–Kier alpha value is -1.86. The van der Waals surface area contributed by atoms with Gasteiger partial charge in [0.25, 0.3) is 5.69 Å². The molecule has 1 saturated carbocycles. The Bertz CT molecular complexity index is 490. The van der Waals surface area contributed by atoms with Crippen molar-refractivity contribution < 1.29 is 10.0 Å². The Labute approximate surface area is 106 Å². The number of nitro groups is 1. The highest BCUT2D eigenvalue weighted by molar-refractivity contribution is 5.42. The van der Waals surface area contributed by atoms with Gasteiger partial charge in [0.2, 0.25) is 0 Å². The molecule has 0 heterocycles. The largest absolute Gasteiger partial charge is 0.378 e. The lowest BCUT2D eigenvalue weighted by Gasteiger charge is -2.26. The third kappa shape index (κ3) is 3.08. The van der Waals surface area contributed by atoms with Gasteiger partial charge in [-0.15, -0.1) is 0 Å². The summed E-state index contributed by atoms with van der Waals surface area (Å²) < 4.78 is 0. The van der Waals surface area contributed by atoms with Crippen LogP contribution in [0, 0.1) is 22.0 Å². The predicted octanol–water partition coefficient (Wildman–Crippen LogP) is 2.64. The third-order valence-corrected chi connectivity index (χ3v) is 3.20. The molecule has 4 nitrogen and oxygen atoms in total. The molecular weight excluding hydrogens is 230 g/mol. The minimum Gasteiger partial charge on any atom is -0.378 e. The molecule has 0 aliphatic heterocycles. The van der Waals surface area contributed by atoms with Crippen LogP contribution in [0.25, 0.3) is 0 Å². The van der Waals surface area contributed by atoms with E-state index in [0.29, 0.717) is 18.4 Å². The monoisotopic (exact) mass is 245 g/mol. The van der Waals surface area contributed by atoms with Crippen LogP contribution in [-0.2, 0) is 0 Å². The summed E-state index contributed by atoms with van der Waals surface area (Å²) in [5, 5.41) is 20.7. The normalized spacial score (nSPS) is 17.6. The topological polar surface area (TPSA) is 63.4 Å². The second kappa shape index (κ2) is 5.19. The zero-order valence-corrected chi connectivity index (χ0v) is 10.1. The van der Waals surface area contributed by atoms with Crippen LogP contribution in [0.2, 0.25) is 0 Å². The number of hydrogen-bond donors (Lipinski definition) is 1. The van der Waals surface area contributed by atoms with Gasteiger partial charge < -0.3 is 5.11 Å². The summed E-state index contributed by atoms with van der Waals surface area (Å²) in [5.41, 5.74) is -0.128. The SMILES string of the molecule is O=[N+]([O-])c1ccc(C#CC2(O)CCCCC2)cc1. The maximum absolute atomic E-state index is 10.5. The number of rotatable bonds is 1. The Morgan fingerprint density at radius 1 is 1.17 bits per heavy atom. The van der Waals surface area contributed by atoms with E-state index in [1.54, 1.807) is 12.1 Å². The molecule has 1 fully saturated rings. The average molecular weight is 245 g/mol.